The zero-order chi connectivity index (χ0) is 16.2. The summed E-state index contributed by atoms with van der Waals surface area (Å²) in [5.41, 5.74) is 5.95. The summed E-state index contributed by atoms with van der Waals surface area (Å²) in [6.07, 6.45) is 2.24. The molecule has 120 valence electrons. The SMILES string of the molecule is NC(=O)CNC(=O)CSc1nc(C2CC2)n(-c2ccccc2)n1. The van der Waals surface area contributed by atoms with Crippen molar-refractivity contribution in [3.05, 3.63) is 36.2 Å². The highest BCUT2D eigenvalue weighted by Gasteiger charge is 2.30. The predicted octanol–water partition coefficient (Wildman–Crippen LogP) is 0.838. The lowest BCUT2D eigenvalue weighted by Gasteiger charge is -2.03. The molecule has 2 aromatic rings. The van der Waals surface area contributed by atoms with Gasteiger partial charge in [-0.25, -0.2) is 9.67 Å². The van der Waals surface area contributed by atoms with Gasteiger partial charge in [-0.2, -0.15) is 0 Å². The maximum atomic E-state index is 11.6. The van der Waals surface area contributed by atoms with Crippen molar-refractivity contribution in [2.45, 2.75) is 23.9 Å². The summed E-state index contributed by atoms with van der Waals surface area (Å²) < 4.78 is 1.85. The average molecular weight is 331 g/mol. The Kier molecular flexibility index (Phi) is 4.61. The fraction of sp³-hybridized carbons (Fsp3) is 0.333. The lowest BCUT2D eigenvalue weighted by molar-refractivity contribution is -0.123. The fourth-order valence-electron chi connectivity index (χ4n) is 2.10. The Morgan fingerprint density at radius 3 is 2.70 bits per heavy atom. The van der Waals surface area contributed by atoms with E-state index in [0.29, 0.717) is 11.1 Å². The minimum atomic E-state index is -0.564. The third-order valence-corrected chi connectivity index (χ3v) is 4.19. The minimum absolute atomic E-state index is 0.149. The summed E-state index contributed by atoms with van der Waals surface area (Å²) in [7, 11) is 0. The smallest absolute Gasteiger partial charge is 0.236 e. The summed E-state index contributed by atoms with van der Waals surface area (Å²) in [4.78, 5) is 26.8. The van der Waals surface area contributed by atoms with E-state index in [2.05, 4.69) is 15.4 Å². The fourth-order valence-corrected chi connectivity index (χ4v) is 2.76. The summed E-state index contributed by atoms with van der Waals surface area (Å²) in [5, 5.41) is 7.51. The van der Waals surface area contributed by atoms with Crippen LogP contribution in [0.3, 0.4) is 0 Å². The van der Waals surface area contributed by atoms with Gasteiger partial charge in [0.05, 0.1) is 18.0 Å². The van der Waals surface area contributed by atoms with E-state index in [4.69, 9.17) is 5.73 Å². The lowest BCUT2D eigenvalue weighted by atomic mass is 10.3. The van der Waals surface area contributed by atoms with Crippen molar-refractivity contribution in [2.24, 2.45) is 5.73 Å². The molecule has 1 fully saturated rings. The Labute approximate surface area is 137 Å². The first-order valence-electron chi connectivity index (χ1n) is 7.33. The van der Waals surface area contributed by atoms with Crippen LogP contribution in [0.1, 0.15) is 24.6 Å². The minimum Gasteiger partial charge on any atom is -0.368 e. The molecule has 23 heavy (non-hydrogen) atoms. The number of nitrogens with two attached hydrogens (primary N) is 1. The van der Waals surface area contributed by atoms with Crippen molar-refractivity contribution < 1.29 is 9.59 Å². The highest BCUT2D eigenvalue weighted by atomic mass is 32.2. The van der Waals surface area contributed by atoms with Crippen molar-refractivity contribution in [3.8, 4) is 5.69 Å². The Bertz CT molecular complexity index is 712. The summed E-state index contributed by atoms with van der Waals surface area (Å²) >= 11 is 1.25. The number of hydrogen-bond donors (Lipinski definition) is 2. The number of para-hydroxylation sites is 1. The van der Waals surface area contributed by atoms with Crippen molar-refractivity contribution in [2.75, 3.05) is 12.3 Å². The molecule has 1 aliphatic carbocycles. The van der Waals surface area contributed by atoms with Gasteiger partial charge in [0.15, 0.2) is 0 Å². The van der Waals surface area contributed by atoms with Gasteiger partial charge in [-0.15, -0.1) is 5.10 Å². The third-order valence-electron chi connectivity index (χ3n) is 3.35. The molecular formula is C15H17N5O2S. The maximum absolute atomic E-state index is 11.6. The van der Waals surface area contributed by atoms with Gasteiger partial charge in [-0.05, 0) is 25.0 Å². The molecule has 0 atom stereocenters. The number of carbonyl (C=O) groups is 2. The van der Waals surface area contributed by atoms with Crippen LogP contribution in [-0.4, -0.2) is 38.9 Å². The molecule has 0 radical (unpaired) electrons. The number of rotatable bonds is 7. The van der Waals surface area contributed by atoms with Gasteiger partial charge in [-0.3, -0.25) is 9.59 Å². The van der Waals surface area contributed by atoms with Crippen LogP contribution in [0.25, 0.3) is 5.69 Å². The van der Waals surface area contributed by atoms with Gasteiger partial charge in [0.25, 0.3) is 0 Å². The number of thioether (sulfide) groups is 1. The molecule has 0 spiro atoms. The van der Waals surface area contributed by atoms with E-state index < -0.39 is 5.91 Å². The highest BCUT2D eigenvalue weighted by molar-refractivity contribution is 7.99. The van der Waals surface area contributed by atoms with Crippen LogP contribution < -0.4 is 11.1 Å². The standard InChI is InChI=1S/C15H17N5O2S/c16-12(21)8-17-13(22)9-23-15-18-14(10-6-7-10)20(19-15)11-4-2-1-3-5-11/h1-5,10H,6-9H2,(H2,16,21)(H,17,22). The molecule has 3 rings (SSSR count). The molecule has 0 saturated heterocycles. The molecule has 1 aromatic carbocycles. The van der Waals surface area contributed by atoms with Gasteiger partial charge < -0.3 is 11.1 Å². The van der Waals surface area contributed by atoms with Gasteiger partial charge in [0, 0.05) is 5.92 Å². The largest absolute Gasteiger partial charge is 0.368 e. The van der Waals surface area contributed by atoms with Crippen molar-refractivity contribution >= 4 is 23.6 Å². The van der Waals surface area contributed by atoms with Gasteiger partial charge in [0.2, 0.25) is 17.0 Å². The molecule has 1 heterocycles. The monoisotopic (exact) mass is 331 g/mol. The second kappa shape index (κ2) is 6.82. The normalized spacial score (nSPS) is 13.7. The molecule has 0 aliphatic heterocycles. The number of carbonyl (C=O) groups excluding carboxylic acids is 2. The highest BCUT2D eigenvalue weighted by Crippen LogP contribution is 2.40. The van der Waals surface area contributed by atoms with E-state index in [1.807, 2.05) is 35.0 Å². The first-order valence-corrected chi connectivity index (χ1v) is 8.32. The van der Waals surface area contributed by atoms with Crippen molar-refractivity contribution in [1.82, 2.24) is 20.1 Å². The Morgan fingerprint density at radius 1 is 1.30 bits per heavy atom. The molecule has 1 aromatic heterocycles. The van der Waals surface area contributed by atoms with E-state index in [1.165, 1.54) is 11.8 Å². The summed E-state index contributed by atoms with van der Waals surface area (Å²) in [6, 6.07) is 9.83. The number of nitrogens with one attached hydrogen (secondary N) is 1. The third kappa shape index (κ3) is 4.10. The van der Waals surface area contributed by atoms with E-state index in [9.17, 15) is 9.59 Å². The molecule has 8 heteroatoms. The number of amides is 2. The van der Waals surface area contributed by atoms with Crippen LogP contribution in [0, 0.1) is 0 Å². The zero-order valence-electron chi connectivity index (χ0n) is 12.4. The van der Waals surface area contributed by atoms with Crippen molar-refractivity contribution in [3.63, 3.8) is 0 Å². The first kappa shape index (κ1) is 15.5. The number of benzene rings is 1. The molecule has 7 nitrogen and oxygen atoms in total. The van der Waals surface area contributed by atoms with Crippen LogP contribution in [0.15, 0.2) is 35.5 Å². The lowest BCUT2D eigenvalue weighted by Crippen LogP contribution is -2.34. The molecule has 2 amide bonds. The van der Waals surface area contributed by atoms with E-state index in [0.717, 1.165) is 24.4 Å². The predicted molar refractivity (Wildman–Crippen MR) is 86.3 cm³/mol. The van der Waals surface area contributed by atoms with Gasteiger partial charge in [-0.1, -0.05) is 30.0 Å². The van der Waals surface area contributed by atoms with E-state index >= 15 is 0 Å². The van der Waals surface area contributed by atoms with Crippen LogP contribution >= 0.6 is 11.8 Å². The topological polar surface area (TPSA) is 103 Å². The van der Waals surface area contributed by atoms with Crippen LogP contribution in [-0.2, 0) is 9.59 Å². The van der Waals surface area contributed by atoms with Crippen molar-refractivity contribution in [1.29, 1.82) is 0 Å². The maximum Gasteiger partial charge on any atom is 0.236 e. The first-order chi connectivity index (χ1) is 11.1. The van der Waals surface area contributed by atoms with E-state index in [1.54, 1.807) is 0 Å². The van der Waals surface area contributed by atoms with Crippen LogP contribution in [0.5, 0.6) is 0 Å². The molecule has 0 bridgehead atoms. The Balaban J connectivity index is 1.69. The Hall–Kier alpha value is -2.35. The number of aromatic nitrogens is 3. The second-order valence-corrected chi connectivity index (χ2v) is 6.25. The average Bonchev–Trinajstić information content (AvgIpc) is 3.31. The quantitative estimate of drug-likeness (QED) is 0.732. The second-order valence-electron chi connectivity index (χ2n) is 5.31. The Morgan fingerprint density at radius 2 is 2.04 bits per heavy atom. The van der Waals surface area contributed by atoms with Gasteiger partial charge >= 0.3 is 0 Å². The zero-order valence-corrected chi connectivity index (χ0v) is 13.3. The van der Waals surface area contributed by atoms with Crippen LogP contribution in [0.2, 0.25) is 0 Å². The number of hydrogen-bond acceptors (Lipinski definition) is 5. The van der Waals surface area contributed by atoms with Gasteiger partial charge in [0.1, 0.15) is 5.82 Å². The number of nitrogens with zero attached hydrogens (tertiary/aromatic N) is 3. The molecule has 1 saturated carbocycles. The molecule has 3 N–H and O–H groups in total. The molecular weight excluding hydrogens is 314 g/mol. The van der Waals surface area contributed by atoms with Crippen LogP contribution in [0.4, 0.5) is 0 Å². The summed E-state index contributed by atoms with van der Waals surface area (Å²) in [6.45, 7) is -0.154. The molecule has 0 unspecified atom stereocenters. The summed E-state index contributed by atoms with van der Waals surface area (Å²) in [5.74, 6) is 0.705. The van der Waals surface area contributed by atoms with E-state index in [-0.39, 0.29) is 18.2 Å². The number of primary amides is 1. The molecule has 1 aliphatic rings.